The fourth-order valence-electron chi connectivity index (χ4n) is 4.44. The number of benzene rings is 2. The number of aliphatic imine (C=N–C) groups is 1. The van der Waals surface area contributed by atoms with E-state index in [1.807, 2.05) is 13.8 Å². The first kappa shape index (κ1) is 36.8. The first-order valence-electron chi connectivity index (χ1n) is 14.9. The molecule has 43 heavy (non-hydrogen) atoms. The van der Waals surface area contributed by atoms with E-state index >= 15 is 0 Å². The highest BCUT2D eigenvalue weighted by Crippen LogP contribution is 2.37. The minimum atomic E-state index is -0.285. The molecule has 0 radical (unpaired) electrons. The van der Waals surface area contributed by atoms with Crippen LogP contribution < -0.4 is 15.8 Å². The first-order chi connectivity index (χ1) is 20.7. The molecular formula is C33H42Cl4N4O2. The van der Waals surface area contributed by atoms with Crippen LogP contribution in [0.3, 0.4) is 0 Å². The molecule has 2 aromatic rings. The maximum Gasteiger partial charge on any atom is 0.253 e. The Labute approximate surface area is 276 Å². The highest BCUT2D eigenvalue weighted by Gasteiger charge is 2.30. The van der Waals surface area contributed by atoms with Crippen LogP contribution in [-0.2, 0) is 9.59 Å². The lowest BCUT2D eigenvalue weighted by molar-refractivity contribution is -0.117. The number of halogens is 4. The van der Waals surface area contributed by atoms with Gasteiger partial charge in [0.25, 0.3) is 5.91 Å². The number of amides is 2. The molecule has 1 aliphatic rings. The van der Waals surface area contributed by atoms with Crippen molar-refractivity contribution < 1.29 is 9.59 Å². The molecule has 0 spiro atoms. The fraction of sp³-hybridized carbons (Fsp3) is 0.485. The summed E-state index contributed by atoms with van der Waals surface area (Å²) in [6.45, 7) is 5.88. The molecule has 1 heterocycles. The molecule has 2 aromatic carbocycles. The summed E-state index contributed by atoms with van der Waals surface area (Å²) >= 11 is 24.9. The zero-order valence-corrected chi connectivity index (χ0v) is 28.3. The van der Waals surface area contributed by atoms with Gasteiger partial charge in [0.15, 0.2) is 0 Å². The first-order valence-corrected chi connectivity index (χ1v) is 16.5. The standard InChI is InChI=1S/C29H36Cl4N4O2.C4H6/c1-2-3-4-5-6-7-8-9-10-11-12-13-27(38)34-21-14-15-22(31)25(18-21)35-26-19-28(39)37(36-26)29-23(32)16-20(30)17-24(29)33;1-3-4-2/h14-18H,2-13,19H2,1H3,(H,34,38)(H,35,36);1-2H3. The topological polar surface area (TPSA) is 73.8 Å². The molecule has 0 atom stereocenters. The van der Waals surface area contributed by atoms with Crippen LogP contribution >= 0.6 is 46.4 Å². The van der Waals surface area contributed by atoms with E-state index in [1.165, 1.54) is 74.9 Å². The number of carbonyl (C=O) groups excluding carboxylic acids is 2. The average molecular weight is 669 g/mol. The molecule has 10 heteroatoms. The Hall–Kier alpha value is -2.43. The van der Waals surface area contributed by atoms with Crippen molar-refractivity contribution in [2.75, 3.05) is 10.3 Å². The van der Waals surface area contributed by atoms with Crippen LogP contribution in [0.1, 0.15) is 104 Å². The second-order valence-electron chi connectivity index (χ2n) is 10.3. The highest BCUT2D eigenvalue weighted by molar-refractivity contribution is 6.42. The number of carbonyl (C=O) groups is 2. The fourth-order valence-corrected chi connectivity index (χ4v) is 5.59. The van der Waals surface area contributed by atoms with Crippen molar-refractivity contribution in [1.29, 1.82) is 0 Å². The molecule has 0 aromatic heterocycles. The Morgan fingerprint density at radius 2 is 1.42 bits per heavy atom. The summed E-state index contributed by atoms with van der Waals surface area (Å²) < 4.78 is 0. The number of unbranched alkanes of at least 4 members (excludes halogenated alkanes) is 10. The molecule has 234 valence electrons. The monoisotopic (exact) mass is 666 g/mol. The van der Waals surface area contributed by atoms with E-state index < -0.39 is 0 Å². The van der Waals surface area contributed by atoms with Gasteiger partial charge in [-0.1, -0.05) is 118 Å². The number of rotatable bonds is 15. The van der Waals surface area contributed by atoms with E-state index in [2.05, 4.69) is 34.5 Å². The Morgan fingerprint density at radius 1 is 0.860 bits per heavy atom. The molecule has 3 rings (SSSR count). The molecule has 0 aliphatic carbocycles. The van der Waals surface area contributed by atoms with Crippen molar-refractivity contribution in [1.82, 2.24) is 5.43 Å². The molecule has 1 fully saturated rings. The third-order valence-electron chi connectivity index (χ3n) is 6.76. The van der Waals surface area contributed by atoms with E-state index in [0.717, 1.165) is 12.8 Å². The van der Waals surface area contributed by atoms with Crippen LogP contribution in [0, 0.1) is 11.8 Å². The normalized spacial score (nSPS) is 13.2. The predicted octanol–water partition coefficient (Wildman–Crippen LogP) is 10.9. The zero-order valence-electron chi connectivity index (χ0n) is 25.3. The average Bonchev–Trinajstić information content (AvgIpc) is 3.32. The molecule has 2 N–H and O–H groups in total. The van der Waals surface area contributed by atoms with Gasteiger partial charge in [-0.25, -0.2) is 10.0 Å². The molecule has 6 nitrogen and oxygen atoms in total. The summed E-state index contributed by atoms with van der Waals surface area (Å²) in [5, 5.41) is 5.38. The summed E-state index contributed by atoms with van der Waals surface area (Å²) in [6, 6.07) is 8.10. The van der Waals surface area contributed by atoms with Gasteiger partial charge in [-0.3, -0.25) is 15.0 Å². The van der Waals surface area contributed by atoms with Gasteiger partial charge in [-0.15, -0.1) is 11.8 Å². The summed E-state index contributed by atoms with van der Waals surface area (Å²) in [6.07, 6.45) is 14.1. The van der Waals surface area contributed by atoms with Gasteiger partial charge in [-0.2, -0.15) is 0 Å². The number of hydrogen-bond acceptors (Lipinski definition) is 3. The molecule has 1 saturated heterocycles. The summed E-state index contributed by atoms with van der Waals surface area (Å²) in [7, 11) is 0. The van der Waals surface area contributed by atoms with Crippen molar-refractivity contribution in [2.24, 2.45) is 4.99 Å². The van der Waals surface area contributed by atoms with Crippen molar-refractivity contribution in [3.05, 3.63) is 50.4 Å². The smallest absolute Gasteiger partial charge is 0.253 e. The van der Waals surface area contributed by atoms with Gasteiger partial charge >= 0.3 is 0 Å². The second kappa shape index (κ2) is 20.5. The lowest BCUT2D eigenvalue weighted by Gasteiger charge is -2.19. The number of nitrogens with one attached hydrogen (secondary N) is 2. The predicted molar refractivity (Wildman–Crippen MR) is 184 cm³/mol. The number of hydrogen-bond donors (Lipinski definition) is 2. The minimum absolute atomic E-state index is 0.00105. The summed E-state index contributed by atoms with van der Waals surface area (Å²) in [4.78, 5) is 29.6. The zero-order chi connectivity index (χ0) is 31.6. The summed E-state index contributed by atoms with van der Waals surface area (Å²) in [5.41, 5.74) is 4.25. The summed E-state index contributed by atoms with van der Waals surface area (Å²) in [5.74, 6) is 5.40. The van der Waals surface area contributed by atoms with E-state index in [1.54, 1.807) is 18.2 Å². The van der Waals surface area contributed by atoms with Crippen LogP contribution in [-0.4, -0.2) is 17.6 Å². The van der Waals surface area contributed by atoms with Gasteiger partial charge in [0.1, 0.15) is 11.5 Å². The SMILES string of the molecule is CC#CC.CCCCCCCCCCCCCC(=O)Nc1ccc(Cl)c(N=C2CC(=O)N(c3c(Cl)cc(Cl)cc3Cl)N2)c1. The van der Waals surface area contributed by atoms with Crippen molar-refractivity contribution in [3.63, 3.8) is 0 Å². The second-order valence-corrected chi connectivity index (χ2v) is 12.0. The van der Waals surface area contributed by atoms with Crippen LogP contribution in [0.25, 0.3) is 0 Å². The lowest BCUT2D eigenvalue weighted by Crippen LogP contribution is -2.36. The van der Waals surface area contributed by atoms with Gasteiger partial charge in [-0.05, 0) is 50.6 Å². The molecule has 2 amide bonds. The van der Waals surface area contributed by atoms with E-state index in [4.69, 9.17) is 46.4 Å². The Kier molecular flexibility index (Phi) is 17.5. The third-order valence-corrected chi connectivity index (χ3v) is 7.87. The number of amidine groups is 1. The lowest BCUT2D eigenvalue weighted by atomic mass is 10.1. The van der Waals surface area contributed by atoms with Crippen LogP contribution in [0.15, 0.2) is 35.3 Å². The largest absolute Gasteiger partial charge is 0.326 e. The maximum absolute atomic E-state index is 12.7. The van der Waals surface area contributed by atoms with E-state index in [0.29, 0.717) is 39.4 Å². The van der Waals surface area contributed by atoms with Gasteiger partial charge in [0.05, 0.1) is 27.2 Å². The van der Waals surface area contributed by atoms with Crippen molar-refractivity contribution in [3.8, 4) is 11.8 Å². The quantitative estimate of drug-likeness (QED) is 0.147. The molecular weight excluding hydrogens is 626 g/mol. The van der Waals surface area contributed by atoms with E-state index in [9.17, 15) is 9.59 Å². The number of hydrazine groups is 1. The van der Waals surface area contributed by atoms with Crippen molar-refractivity contribution in [2.45, 2.75) is 104 Å². The van der Waals surface area contributed by atoms with Gasteiger partial charge < -0.3 is 5.32 Å². The minimum Gasteiger partial charge on any atom is -0.326 e. The van der Waals surface area contributed by atoms with E-state index in [-0.39, 0.29) is 28.3 Å². The molecule has 0 unspecified atom stereocenters. The maximum atomic E-state index is 12.7. The highest BCUT2D eigenvalue weighted by atomic mass is 35.5. The molecule has 0 bridgehead atoms. The van der Waals surface area contributed by atoms with Gasteiger partial charge in [0.2, 0.25) is 5.91 Å². The van der Waals surface area contributed by atoms with Gasteiger partial charge in [0, 0.05) is 17.1 Å². The number of anilines is 2. The van der Waals surface area contributed by atoms with Crippen molar-refractivity contribution >= 4 is 81.1 Å². The molecule has 1 aliphatic heterocycles. The Balaban J connectivity index is 0.00000151. The third kappa shape index (κ3) is 13.4. The molecule has 0 saturated carbocycles. The Bertz CT molecular complexity index is 1270. The Morgan fingerprint density at radius 3 is 1.98 bits per heavy atom. The van der Waals surface area contributed by atoms with Crippen LogP contribution in [0.2, 0.25) is 20.1 Å². The van der Waals surface area contributed by atoms with Crippen LogP contribution in [0.4, 0.5) is 17.1 Å². The number of nitrogens with zero attached hydrogens (tertiary/aromatic N) is 2. The van der Waals surface area contributed by atoms with Crippen LogP contribution in [0.5, 0.6) is 0 Å².